The number of aryl methyl sites for hydroxylation is 1. The Hall–Kier alpha value is -1.98. The van der Waals surface area contributed by atoms with Crippen LogP contribution in [0.4, 0.5) is 5.95 Å². The van der Waals surface area contributed by atoms with Gasteiger partial charge in [0.2, 0.25) is 5.95 Å². The van der Waals surface area contributed by atoms with Crippen LogP contribution in [-0.2, 0) is 7.05 Å². The number of piperidine rings is 1. The molecule has 2 aromatic rings. The number of hydrogen-bond acceptors (Lipinski definition) is 5. The summed E-state index contributed by atoms with van der Waals surface area (Å²) < 4.78 is 2.00. The third kappa shape index (κ3) is 2.05. The lowest BCUT2D eigenvalue weighted by Gasteiger charge is -2.31. The Labute approximate surface area is 106 Å². The average molecular weight is 244 g/mol. The van der Waals surface area contributed by atoms with Gasteiger partial charge in [-0.2, -0.15) is 0 Å². The van der Waals surface area contributed by atoms with Gasteiger partial charge in [0, 0.05) is 38.4 Å². The van der Waals surface area contributed by atoms with E-state index in [1.165, 1.54) is 0 Å². The van der Waals surface area contributed by atoms with Crippen molar-refractivity contribution in [2.45, 2.75) is 18.8 Å². The van der Waals surface area contributed by atoms with E-state index in [0.29, 0.717) is 5.92 Å². The Balaban J connectivity index is 1.79. The highest BCUT2D eigenvalue weighted by atomic mass is 15.3. The first-order valence-corrected chi connectivity index (χ1v) is 6.20. The van der Waals surface area contributed by atoms with E-state index in [-0.39, 0.29) is 0 Å². The molecule has 2 aromatic heterocycles. The summed E-state index contributed by atoms with van der Waals surface area (Å²) in [7, 11) is 1.99. The van der Waals surface area contributed by atoms with E-state index in [0.717, 1.165) is 37.7 Å². The van der Waals surface area contributed by atoms with Gasteiger partial charge in [0.1, 0.15) is 12.2 Å². The van der Waals surface area contributed by atoms with E-state index in [1.54, 1.807) is 18.7 Å². The van der Waals surface area contributed by atoms with Crippen molar-refractivity contribution in [1.29, 1.82) is 0 Å². The molecular formula is C12H16N6. The molecule has 0 radical (unpaired) electrons. The topological polar surface area (TPSA) is 59.7 Å². The van der Waals surface area contributed by atoms with Gasteiger partial charge in [-0.15, -0.1) is 10.2 Å². The molecule has 1 aliphatic rings. The first-order chi connectivity index (χ1) is 8.84. The van der Waals surface area contributed by atoms with Crippen molar-refractivity contribution >= 4 is 5.95 Å². The molecule has 1 saturated heterocycles. The van der Waals surface area contributed by atoms with E-state index in [1.807, 2.05) is 17.7 Å². The van der Waals surface area contributed by atoms with Gasteiger partial charge in [0.15, 0.2) is 0 Å². The fraction of sp³-hybridized carbons (Fsp3) is 0.500. The van der Waals surface area contributed by atoms with E-state index in [4.69, 9.17) is 0 Å². The third-order valence-electron chi connectivity index (χ3n) is 3.37. The molecule has 94 valence electrons. The maximum absolute atomic E-state index is 4.31. The molecule has 0 spiro atoms. The summed E-state index contributed by atoms with van der Waals surface area (Å²) in [6, 6.07) is 1.84. The lowest BCUT2D eigenvalue weighted by atomic mass is 9.97. The smallest absolute Gasteiger partial charge is 0.225 e. The highest BCUT2D eigenvalue weighted by molar-refractivity contribution is 5.30. The van der Waals surface area contributed by atoms with Gasteiger partial charge in [-0.1, -0.05) is 0 Å². The van der Waals surface area contributed by atoms with Crippen LogP contribution in [-0.4, -0.2) is 37.8 Å². The molecule has 6 nitrogen and oxygen atoms in total. The van der Waals surface area contributed by atoms with Gasteiger partial charge in [0.05, 0.1) is 0 Å². The predicted octanol–water partition coefficient (Wildman–Crippen LogP) is 0.989. The van der Waals surface area contributed by atoms with Crippen LogP contribution in [0.1, 0.15) is 24.6 Å². The molecule has 18 heavy (non-hydrogen) atoms. The molecule has 1 aliphatic heterocycles. The second kappa shape index (κ2) is 4.72. The van der Waals surface area contributed by atoms with Crippen molar-refractivity contribution in [1.82, 2.24) is 24.7 Å². The van der Waals surface area contributed by atoms with Crippen molar-refractivity contribution in [2.24, 2.45) is 7.05 Å². The van der Waals surface area contributed by atoms with Crippen LogP contribution in [0.15, 0.2) is 24.8 Å². The van der Waals surface area contributed by atoms with Crippen molar-refractivity contribution < 1.29 is 0 Å². The van der Waals surface area contributed by atoms with Crippen LogP contribution in [0.2, 0.25) is 0 Å². The molecule has 3 rings (SSSR count). The van der Waals surface area contributed by atoms with E-state index >= 15 is 0 Å². The first-order valence-electron chi connectivity index (χ1n) is 6.20. The summed E-state index contributed by atoms with van der Waals surface area (Å²) in [6.45, 7) is 1.93. The fourth-order valence-electron chi connectivity index (χ4n) is 2.49. The first kappa shape index (κ1) is 11.1. The summed E-state index contributed by atoms with van der Waals surface area (Å²) in [5, 5.41) is 8.17. The minimum atomic E-state index is 0.412. The average Bonchev–Trinajstić information content (AvgIpc) is 2.86. The molecule has 0 unspecified atom stereocenters. The second-order valence-electron chi connectivity index (χ2n) is 4.63. The molecule has 0 aromatic carbocycles. The lowest BCUT2D eigenvalue weighted by Crippen LogP contribution is -2.36. The van der Waals surface area contributed by atoms with Gasteiger partial charge < -0.3 is 9.47 Å². The SMILES string of the molecule is Cn1cnnc1[C@@H]1CCCN(c2ncccn2)C1. The van der Waals surface area contributed by atoms with Crippen molar-refractivity contribution in [2.75, 3.05) is 18.0 Å². The molecular weight excluding hydrogens is 228 g/mol. The summed E-state index contributed by atoms with van der Waals surface area (Å²) in [5.74, 6) is 2.27. The highest BCUT2D eigenvalue weighted by Gasteiger charge is 2.25. The largest absolute Gasteiger partial charge is 0.340 e. The second-order valence-corrected chi connectivity index (χ2v) is 4.63. The van der Waals surface area contributed by atoms with Crippen LogP contribution in [0.25, 0.3) is 0 Å². The molecule has 0 bridgehead atoms. The summed E-state index contributed by atoms with van der Waals surface area (Å²) >= 11 is 0. The van der Waals surface area contributed by atoms with Crippen LogP contribution in [0.5, 0.6) is 0 Å². The number of anilines is 1. The Bertz CT molecular complexity index is 508. The van der Waals surface area contributed by atoms with Crippen LogP contribution in [0.3, 0.4) is 0 Å². The summed E-state index contributed by atoms with van der Waals surface area (Å²) in [4.78, 5) is 10.9. The number of aromatic nitrogens is 5. The van der Waals surface area contributed by atoms with Gasteiger partial charge >= 0.3 is 0 Å². The highest BCUT2D eigenvalue weighted by Crippen LogP contribution is 2.26. The Morgan fingerprint density at radius 3 is 2.83 bits per heavy atom. The molecule has 0 aliphatic carbocycles. The standard InChI is InChI=1S/C12H16N6/c1-17-9-15-16-11(17)10-4-2-7-18(8-10)12-13-5-3-6-14-12/h3,5-6,9-10H,2,4,7-8H2,1H3/t10-/m1/s1. The quantitative estimate of drug-likeness (QED) is 0.788. The van der Waals surface area contributed by atoms with Crippen molar-refractivity contribution in [3.8, 4) is 0 Å². The zero-order chi connectivity index (χ0) is 12.4. The molecule has 0 amide bonds. The molecule has 0 saturated carbocycles. The van der Waals surface area contributed by atoms with E-state index in [9.17, 15) is 0 Å². The minimum Gasteiger partial charge on any atom is -0.340 e. The molecule has 3 heterocycles. The Morgan fingerprint density at radius 2 is 2.11 bits per heavy atom. The van der Waals surface area contributed by atoms with Crippen LogP contribution in [0, 0.1) is 0 Å². The fourth-order valence-corrected chi connectivity index (χ4v) is 2.49. The predicted molar refractivity (Wildman–Crippen MR) is 67.2 cm³/mol. The van der Waals surface area contributed by atoms with Gasteiger partial charge in [0.25, 0.3) is 0 Å². The van der Waals surface area contributed by atoms with Crippen LogP contribution < -0.4 is 4.90 Å². The van der Waals surface area contributed by atoms with E-state index < -0.39 is 0 Å². The van der Waals surface area contributed by atoms with E-state index in [2.05, 4.69) is 25.1 Å². The lowest BCUT2D eigenvalue weighted by molar-refractivity contribution is 0.475. The van der Waals surface area contributed by atoms with Crippen molar-refractivity contribution in [3.05, 3.63) is 30.6 Å². The summed E-state index contributed by atoms with van der Waals surface area (Å²) in [5.41, 5.74) is 0. The third-order valence-corrected chi connectivity index (χ3v) is 3.37. The maximum Gasteiger partial charge on any atom is 0.225 e. The van der Waals surface area contributed by atoms with Crippen LogP contribution >= 0.6 is 0 Å². The number of nitrogens with zero attached hydrogens (tertiary/aromatic N) is 6. The Morgan fingerprint density at radius 1 is 1.28 bits per heavy atom. The molecule has 6 heteroatoms. The monoisotopic (exact) mass is 244 g/mol. The van der Waals surface area contributed by atoms with Gasteiger partial charge in [-0.25, -0.2) is 9.97 Å². The Kier molecular flexibility index (Phi) is 2.92. The number of hydrogen-bond donors (Lipinski definition) is 0. The molecule has 1 atom stereocenters. The van der Waals surface area contributed by atoms with Crippen molar-refractivity contribution in [3.63, 3.8) is 0 Å². The normalized spacial score (nSPS) is 20.1. The number of rotatable bonds is 2. The molecule has 1 fully saturated rings. The summed E-state index contributed by atoms with van der Waals surface area (Å²) in [6.07, 6.45) is 7.61. The molecule has 0 N–H and O–H groups in total. The zero-order valence-electron chi connectivity index (χ0n) is 10.4. The van der Waals surface area contributed by atoms with Gasteiger partial charge in [-0.3, -0.25) is 0 Å². The zero-order valence-corrected chi connectivity index (χ0v) is 10.4. The maximum atomic E-state index is 4.31. The minimum absolute atomic E-state index is 0.412. The van der Waals surface area contributed by atoms with Gasteiger partial charge in [-0.05, 0) is 18.9 Å².